The number of primary amides is 1. The fourth-order valence-electron chi connectivity index (χ4n) is 2.35. The summed E-state index contributed by atoms with van der Waals surface area (Å²) >= 11 is 0. The molecule has 0 bridgehead atoms. The van der Waals surface area contributed by atoms with E-state index in [0.717, 1.165) is 23.6 Å². The number of nitrogens with two attached hydrogens (primary N) is 1. The highest BCUT2D eigenvalue weighted by molar-refractivity contribution is 6.08. The molecule has 0 aliphatic carbocycles. The minimum atomic E-state index is -0.614. The zero-order valence-corrected chi connectivity index (χ0v) is 12.1. The van der Waals surface area contributed by atoms with Gasteiger partial charge in [-0.2, -0.15) is 0 Å². The number of nitrogens with one attached hydrogen (secondary N) is 1. The molecule has 0 aliphatic heterocycles. The van der Waals surface area contributed by atoms with Crippen molar-refractivity contribution in [2.75, 3.05) is 0 Å². The first-order valence-corrected chi connectivity index (χ1v) is 7.21. The summed E-state index contributed by atoms with van der Waals surface area (Å²) in [4.78, 5) is 23.9. The first-order chi connectivity index (χ1) is 10.1. The molecular weight excluding hydrogens is 264 g/mol. The number of fused-ring (bicyclic) bond motifs is 1. The number of rotatable bonds is 6. The highest BCUT2D eigenvalue weighted by atomic mass is 16.2. The van der Waals surface area contributed by atoms with Crippen LogP contribution in [0.4, 0.5) is 0 Å². The second-order valence-electron chi connectivity index (χ2n) is 5.10. The molecule has 2 aromatic rings. The van der Waals surface area contributed by atoms with Gasteiger partial charge in [-0.15, -0.1) is 0 Å². The van der Waals surface area contributed by atoms with E-state index in [-0.39, 0.29) is 5.91 Å². The molecule has 2 amide bonds. The summed E-state index contributed by atoms with van der Waals surface area (Å²) in [7, 11) is 0. The van der Waals surface area contributed by atoms with Gasteiger partial charge >= 0.3 is 0 Å². The fraction of sp³-hybridized carbons (Fsp3) is 0.294. The molecule has 110 valence electrons. The average molecular weight is 284 g/mol. The van der Waals surface area contributed by atoms with Crippen molar-refractivity contribution in [1.82, 2.24) is 5.32 Å². The van der Waals surface area contributed by atoms with E-state index >= 15 is 0 Å². The van der Waals surface area contributed by atoms with E-state index < -0.39 is 11.9 Å². The van der Waals surface area contributed by atoms with E-state index in [0.29, 0.717) is 12.0 Å². The van der Waals surface area contributed by atoms with Crippen LogP contribution in [0, 0.1) is 0 Å². The van der Waals surface area contributed by atoms with E-state index in [1.54, 1.807) is 6.07 Å². The summed E-state index contributed by atoms with van der Waals surface area (Å²) in [6, 6.07) is 12.6. The lowest BCUT2D eigenvalue weighted by Gasteiger charge is -2.16. The van der Waals surface area contributed by atoms with E-state index in [2.05, 4.69) is 5.32 Å². The number of carbonyl (C=O) groups excluding carboxylic acids is 2. The van der Waals surface area contributed by atoms with E-state index in [4.69, 9.17) is 5.73 Å². The molecule has 0 heterocycles. The molecule has 1 atom stereocenters. The number of hydrogen-bond acceptors (Lipinski definition) is 2. The molecule has 0 aromatic heterocycles. The van der Waals surface area contributed by atoms with Gasteiger partial charge in [-0.3, -0.25) is 9.59 Å². The van der Waals surface area contributed by atoms with Crippen molar-refractivity contribution >= 4 is 22.6 Å². The molecule has 0 unspecified atom stereocenters. The van der Waals surface area contributed by atoms with Crippen molar-refractivity contribution in [1.29, 1.82) is 0 Å². The van der Waals surface area contributed by atoms with E-state index in [9.17, 15) is 9.59 Å². The monoisotopic (exact) mass is 284 g/mol. The molecule has 0 spiro atoms. The highest BCUT2D eigenvalue weighted by Gasteiger charge is 2.19. The third-order valence-electron chi connectivity index (χ3n) is 3.53. The molecule has 2 aromatic carbocycles. The molecule has 0 saturated carbocycles. The van der Waals surface area contributed by atoms with Gasteiger partial charge in [-0.05, 0) is 23.3 Å². The minimum absolute atomic E-state index is 0.258. The maximum atomic E-state index is 12.4. The lowest BCUT2D eigenvalue weighted by Crippen LogP contribution is -2.44. The van der Waals surface area contributed by atoms with Crippen LogP contribution in [0.2, 0.25) is 0 Å². The van der Waals surface area contributed by atoms with Gasteiger partial charge in [0.1, 0.15) is 6.04 Å². The maximum absolute atomic E-state index is 12.4. The van der Waals surface area contributed by atoms with Gasteiger partial charge in [-0.25, -0.2) is 0 Å². The molecule has 3 N–H and O–H groups in total. The average Bonchev–Trinajstić information content (AvgIpc) is 2.50. The van der Waals surface area contributed by atoms with Gasteiger partial charge in [0.05, 0.1) is 0 Å². The van der Waals surface area contributed by atoms with Gasteiger partial charge < -0.3 is 11.1 Å². The van der Waals surface area contributed by atoms with Crippen molar-refractivity contribution in [3.8, 4) is 0 Å². The number of unbranched alkanes of at least 4 members (excludes halogenated alkanes) is 1. The summed E-state index contributed by atoms with van der Waals surface area (Å²) in [6.07, 6.45) is 2.37. The molecule has 4 heteroatoms. The van der Waals surface area contributed by atoms with Crippen molar-refractivity contribution in [2.24, 2.45) is 5.73 Å². The number of amides is 2. The Hall–Kier alpha value is -2.36. The summed E-state index contributed by atoms with van der Waals surface area (Å²) in [5.74, 6) is -0.747. The predicted molar refractivity (Wildman–Crippen MR) is 83.9 cm³/mol. The Morgan fingerprint density at radius 2 is 1.86 bits per heavy atom. The van der Waals surface area contributed by atoms with Crippen LogP contribution >= 0.6 is 0 Å². The maximum Gasteiger partial charge on any atom is 0.252 e. The summed E-state index contributed by atoms with van der Waals surface area (Å²) < 4.78 is 0. The van der Waals surface area contributed by atoms with Gasteiger partial charge in [-0.1, -0.05) is 56.2 Å². The second kappa shape index (κ2) is 6.88. The third-order valence-corrected chi connectivity index (χ3v) is 3.53. The van der Waals surface area contributed by atoms with Crippen molar-refractivity contribution in [3.05, 3.63) is 48.0 Å². The Kier molecular flexibility index (Phi) is 4.93. The number of hydrogen-bond donors (Lipinski definition) is 2. The van der Waals surface area contributed by atoms with Crippen molar-refractivity contribution < 1.29 is 9.59 Å². The van der Waals surface area contributed by atoms with E-state index in [1.165, 1.54) is 0 Å². The Morgan fingerprint density at radius 1 is 1.14 bits per heavy atom. The zero-order valence-electron chi connectivity index (χ0n) is 12.1. The van der Waals surface area contributed by atoms with Crippen molar-refractivity contribution in [2.45, 2.75) is 32.2 Å². The molecule has 2 rings (SSSR count). The number of carbonyl (C=O) groups is 2. The molecule has 0 aliphatic rings. The summed E-state index contributed by atoms with van der Waals surface area (Å²) in [6.45, 7) is 2.03. The van der Waals surface area contributed by atoms with E-state index in [1.807, 2.05) is 43.3 Å². The van der Waals surface area contributed by atoms with Crippen LogP contribution in [0.5, 0.6) is 0 Å². The first-order valence-electron chi connectivity index (χ1n) is 7.21. The lowest BCUT2D eigenvalue weighted by atomic mass is 10.0. The fourth-order valence-corrected chi connectivity index (χ4v) is 2.35. The summed E-state index contributed by atoms with van der Waals surface area (Å²) in [5.41, 5.74) is 5.93. The van der Waals surface area contributed by atoms with Gasteiger partial charge in [0.15, 0.2) is 0 Å². The van der Waals surface area contributed by atoms with Crippen molar-refractivity contribution in [3.63, 3.8) is 0 Å². The van der Waals surface area contributed by atoms with Crippen LogP contribution in [-0.2, 0) is 4.79 Å². The molecule has 21 heavy (non-hydrogen) atoms. The molecule has 0 saturated heterocycles. The minimum Gasteiger partial charge on any atom is -0.368 e. The van der Waals surface area contributed by atoms with Gasteiger partial charge in [0.25, 0.3) is 5.91 Å². The zero-order chi connectivity index (χ0) is 15.2. The quantitative estimate of drug-likeness (QED) is 0.856. The smallest absolute Gasteiger partial charge is 0.252 e. The molecular formula is C17H20N2O2. The largest absolute Gasteiger partial charge is 0.368 e. The van der Waals surface area contributed by atoms with Crippen LogP contribution < -0.4 is 11.1 Å². The normalized spacial score (nSPS) is 12.0. The topological polar surface area (TPSA) is 72.2 Å². The Morgan fingerprint density at radius 3 is 2.57 bits per heavy atom. The first kappa shape index (κ1) is 15.0. The lowest BCUT2D eigenvalue weighted by molar-refractivity contribution is -0.120. The Bertz CT molecular complexity index is 647. The molecule has 0 radical (unpaired) electrons. The summed E-state index contributed by atoms with van der Waals surface area (Å²) in [5, 5.41) is 4.61. The van der Waals surface area contributed by atoms with Gasteiger partial charge in [0, 0.05) is 5.56 Å². The van der Waals surface area contributed by atoms with Crippen LogP contribution in [0.3, 0.4) is 0 Å². The predicted octanol–water partition coefficient (Wildman–Crippen LogP) is 2.61. The van der Waals surface area contributed by atoms with Crippen LogP contribution in [0.1, 0.15) is 36.5 Å². The van der Waals surface area contributed by atoms with Crippen LogP contribution in [0.15, 0.2) is 42.5 Å². The highest BCUT2D eigenvalue weighted by Crippen LogP contribution is 2.18. The molecule has 4 nitrogen and oxygen atoms in total. The second-order valence-corrected chi connectivity index (χ2v) is 5.10. The third kappa shape index (κ3) is 3.60. The van der Waals surface area contributed by atoms with Crippen LogP contribution in [-0.4, -0.2) is 17.9 Å². The number of benzene rings is 2. The molecule has 0 fully saturated rings. The van der Waals surface area contributed by atoms with Gasteiger partial charge in [0.2, 0.25) is 5.91 Å². The van der Waals surface area contributed by atoms with Crippen LogP contribution in [0.25, 0.3) is 10.8 Å². The Labute approximate surface area is 124 Å². The SMILES string of the molecule is CCCC[C@H](NC(=O)c1cccc2ccccc12)C(N)=O. The Balaban J connectivity index is 2.23. The standard InChI is InChI=1S/C17H20N2O2/c1-2-3-11-15(16(18)20)19-17(21)14-10-6-8-12-7-4-5-9-13(12)14/h4-10,15H,2-3,11H2,1H3,(H2,18,20)(H,19,21)/t15-/m0/s1.